The van der Waals surface area contributed by atoms with Gasteiger partial charge in [0.1, 0.15) is 11.5 Å². The number of fused-ring (bicyclic) bond motifs is 1. The monoisotopic (exact) mass is 320 g/mol. The van der Waals surface area contributed by atoms with Crippen molar-refractivity contribution in [2.75, 3.05) is 12.4 Å². The average molecular weight is 320 g/mol. The lowest BCUT2D eigenvalue weighted by Crippen LogP contribution is -2.12. The maximum atomic E-state index is 11.9. The lowest BCUT2D eigenvalue weighted by Gasteiger charge is -2.03. The Bertz CT molecular complexity index is 942. The minimum atomic E-state index is -0.534. The third kappa shape index (κ3) is 2.77. The second-order valence-electron chi connectivity index (χ2n) is 5.20. The number of nitrogens with two attached hydrogens (primary N) is 1. The molecule has 0 unspecified atom stereocenters. The van der Waals surface area contributed by atoms with Gasteiger partial charge in [-0.25, -0.2) is 4.98 Å². The number of anilines is 1. The molecule has 0 spiro atoms. The summed E-state index contributed by atoms with van der Waals surface area (Å²) in [6.07, 6.45) is 4.00. The first-order chi connectivity index (χ1) is 11.6. The summed E-state index contributed by atoms with van der Waals surface area (Å²) in [4.78, 5) is 27.6. The first kappa shape index (κ1) is 15.5. The molecule has 3 N–H and O–H groups in total. The van der Waals surface area contributed by atoms with Gasteiger partial charge >= 0.3 is 0 Å². The van der Waals surface area contributed by atoms with Gasteiger partial charge in [0.15, 0.2) is 0 Å². The van der Waals surface area contributed by atoms with Crippen LogP contribution in [0.15, 0.2) is 48.7 Å². The minimum absolute atomic E-state index is 0.373. The van der Waals surface area contributed by atoms with Crippen LogP contribution in [0.3, 0.4) is 0 Å². The molecule has 1 aromatic carbocycles. The van der Waals surface area contributed by atoms with Crippen molar-refractivity contribution in [1.29, 1.82) is 0 Å². The molecule has 2 heterocycles. The number of carbonyl (C=O) groups is 2. The summed E-state index contributed by atoms with van der Waals surface area (Å²) in [5, 5.41) is 3.69. The summed E-state index contributed by atoms with van der Waals surface area (Å²) in [6, 6.07) is 12.8. The van der Waals surface area contributed by atoms with Crippen LogP contribution in [0.25, 0.3) is 22.7 Å². The van der Waals surface area contributed by atoms with Gasteiger partial charge in [0.2, 0.25) is 12.3 Å². The third-order valence-electron chi connectivity index (χ3n) is 3.73. The van der Waals surface area contributed by atoms with Crippen LogP contribution < -0.4 is 11.1 Å². The van der Waals surface area contributed by atoms with Crippen molar-refractivity contribution in [1.82, 2.24) is 9.55 Å². The van der Waals surface area contributed by atoms with E-state index in [4.69, 9.17) is 5.73 Å². The second kappa shape index (κ2) is 6.37. The van der Waals surface area contributed by atoms with Gasteiger partial charge in [0, 0.05) is 29.8 Å². The van der Waals surface area contributed by atoms with Crippen LogP contribution in [-0.4, -0.2) is 28.9 Å². The Morgan fingerprint density at radius 1 is 1.21 bits per heavy atom. The summed E-state index contributed by atoms with van der Waals surface area (Å²) in [5.41, 5.74) is 7.84. The Balaban J connectivity index is 2.21. The highest BCUT2D eigenvalue weighted by molar-refractivity contribution is 6.24. The van der Waals surface area contributed by atoms with Gasteiger partial charge in [-0.3, -0.25) is 14.2 Å². The van der Waals surface area contributed by atoms with Crippen molar-refractivity contribution < 1.29 is 9.59 Å². The van der Waals surface area contributed by atoms with Crippen LogP contribution in [0.5, 0.6) is 0 Å². The Kier molecular flexibility index (Phi) is 4.11. The number of pyridine rings is 1. The Hall–Kier alpha value is -3.41. The van der Waals surface area contributed by atoms with Gasteiger partial charge in [-0.15, -0.1) is 0 Å². The molecule has 2 aromatic heterocycles. The van der Waals surface area contributed by atoms with E-state index in [9.17, 15) is 9.59 Å². The predicted octanol–water partition coefficient (Wildman–Crippen LogP) is 2.14. The molecule has 6 nitrogen and oxygen atoms in total. The molecule has 0 fully saturated rings. The standard InChI is InChI=1S/C18H16N4O2/c1-20-16-8-7-14-13(10-22(11-23)18(14)21-16)9-15(17(19)24)12-5-3-2-4-6-12/h2-11H,1H3,(H2,19,24)(H,20,21). The molecule has 0 aliphatic rings. The van der Waals surface area contributed by atoms with E-state index < -0.39 is 5.91 Å². The summed E-state index contributed by atoms with van der Waals surface area (Å²) < 4.78 is 1.38. The number of carbonyl (C=O) groups excluding carboxylic acids is 2. The number of amides is 1. The molecule has 24 heavy (non-hydrogen) atoms. The molecule has 3 aromatic rings. The van der Waals surface area contributed by atoms with Crippen molar-refractivity contribution in [2.24, 2.45) is 5.73 Å². The number of aromatic nitrogens is 2. The minimum Gasteiger partial charge on any atom is -0.373 e. The first-order valence-electron chi connectivity index (χ1n) is 7.35. The number of hydrogen-bond donors (Lipinski definition) is 2. The van der Waals surface area contributed by atoms with E-state index >= 15 is 0 Å². The highest BCUT2D eigenvalue weighted by Gasteiger charge is 2.13. The van der Waals surface area contributed by atoms with Crippen LogP contribution in [0.2, 0.25) is 0 Å². The van der Waals surface area contributed by atoms with E-state index in [-0.39, 0.29) is 0 Å². The molecule has 1 amide bonds. The van der Waals surface area contributed by atoms with Gasteiger partial charge in [-0.1, -0.05) is 30.3 Å². The zero-order chi connectivity index (χ0) is 17.1. The molecule has 0 atom stereocenters. The topological polar surface area (TPSA) is 90.0 Å². The highest BCUT2D eigenvalue weighted by atomic mass is 16.1. The number of nitrogens with one attached hydrogen (secondary N) is 1. The molecule has 0 aliphatic carbocycles. The molecule has 120 valence electrons. The van der Waals surface area contributed by atoms with Crippen molar-refractivity contribution in [3.63, 3.8) is 0 Å². The van der Waals surface area contributed by atoms with E-state index in [1.165, 1.54) is 4.57 Å². The van der Waals surface area contributed by atoms with Gasteiger partial charge in [0.25, 0.3) is 0 Å². The molecule has 0 bridgehead atoms. The summed E-state index contributed by atoms with van der Waals surface area (Å²) in [5.74, 6) is 0.116. The Labute approximate surface area is 138 Å². The van der Waals surface area contributed by atoms with E-state index in [0.717, 1.165) is 10.9 Å². The lowest BCUT2D eigenvalue weighted by atomic mass is 10.0. The SMILES string of the molecule is CNc1ccc2c(C=C(C(N)=O)c3ccccc3)cn(C=O)c2n1. The number of hydrogen-bond acceptors (Lipinski definition) is 4. The molecule has 0 saturated heterocycles. The number of nitrogens with zero attached hydrogens (tertiary/aromatic N) is 2. The second-order valence-corrected chi connectivity index (χ2v) is 5.20. The lowest BCUT2D eigenvalue weighted by molar-refractivity contribution is -0.112. The molecule has 3 rings (SSSR count). The van der Waals surface area contributed by atoms with Crippen LogP contribution in [0.1, 0.15) is 11.1 Å². The summed E-state index contributed by atoms with van der Waals surface area (Å²) >= 11 is 0. The molecular formula is C18H16N4O2. The maximum absolute atomic E-state index is 11.9. The first-order valence-corrected chi connectivity index (χ1v) is 7.35. The van der Waals surface area contributed by atoms with Gasteiger partial charge in [0.05, 0.1) is 0 Å². The fraction of sp³-hybridized carbons (Fsp3) is 0.0556. The molecule has 0 saturated carbocycles. The number of primary amides is 1. The zero-order valence-corrected chi connectivity index (χ0v) is 13.1. The van der Waals surface area contributed by atoms with Crippen LogP contribution >= 0.6 is 0 Å². The quantitative estimate of drug-likeness (QED) is 0.557. The van der Waals surface area contributed by atoms with Gasteiger partial charge < -0.3 is 11.1 Å². The van der Waals surface area contributed by atoms with Crippen molar-refractivity contribution in [3.05, 3.63) is 59.8 Å². The summed E-state index contributed by atoms with van der Waals surface area (Å²) in [6.45, 7) is 0. The van der Waals surface area contributed by atoms with E-state index in [0.29, 0.717) is 29.0 Å². The van der Waals surface area contributed by atoms with E-state index in [1.807, 2.05) is 36.4 Å². The fourth-order valence-corrected chi connectivity index (χ4v) is 2.56. The van der Waals surface area contributed by atoms with Crippen molar-refractivity contribution in [2.45, 2.75) is 0 Å². The smallest absolute Gasteiger partial charge is 0.249 e. The molecule has 0 aliphatic heterocycles. The maximum Gasteiger partial charge on any atom is 0.249 e. The number of benzene rings is 1. The van der Waals surface area contributed by atoms with Crippen LogP contribution in [0, 0.1) is 0 Å². The highest BCUT2D eigenvalue weighted by Crippen LogP contribution is 2.25. The van der Waals surface area contributed by atoms with Gasteiger partial charge in [-0.05, 0) is 23.8 Å². The fourth-order valence-electron chi connectivity index (χ4n) is 2.56. The largest absolute Gasteiger partial charge is 0.373 e. The van der Waals surface area contributed by atoms with Crippen molar-refractivity contribution >= 4 is 40.8 Å². The zero-order valence-electron chi connectivity index (χ0n) is 13.1. The Morgan fingerprint density at radius 3 is 2.58 bits per heavy atom. The van der Waals surface area contributed by atoms with E-state index in [2.05, 4.69) is 10.3 Å². The normalized spacial score (nSPS) is 11.5. The number of rotatable bonds is 5. The third-order valence-corrected chi connectivity index (χ3v) is 3.73. The summed E-state index contributed by atoms with van der Waals surface area (Å²) in [7, 11) is 1.75. The Morgan fingerprint density at radius 2 is 1.96 bits per heavy atom. The molecule has 6 heteroatoms. The van der Waals surface area contributed by atoms with Crippen LogP contribution in [-0.2, 0) is 9.59 Å². The molecule has 0 radical (unpaired) electrons. The van der Waals surface area contributed by atoms with Crippen molar-refractivity contribution in [3.8, 4) is 0 Å². The van der Waals surface area contributed by atoms with Gasteiger partial charge in [-0.2, -0.15) is 0 Å². The average Bonchev–Trinajstić information content (AvgIpc) is 2.97. The van der Waals surface area contributed by atoms with Crippen LogP contribution in [0.4, 0.5) is 5.82 Å². The van der Waals surface area contributed by atoms with E-state index in [1.54, 1.807) is 25.4 Å². The predicted molar refractivity (Wildman–Crippen MR) is 94.9 cm³/mol. The molecular weight excluding hydrogens is 304 g/mol.